The number of imidazole rings is 1. The molecule has 0 amide bonds. The zero-order chi connectivity index (χ0) is 36.7. The minimum absolute atomic E-state index is 0.653. The quantitative estimate of drug-likeness (QED) is 0.171. The lowest BCUT2D eigenvalue weighted by molar-refractivity contribution is 1.01. The van der Waals surface area contributed by atoms with Gasteiger partial charge in [-0.3, -0.25) is 9.13 Å². The molecule has 0 aliphatic rings. The van der Waals surface area contributed by atoms with E-state index in [9.17, 15) is 0 Å². The standard InChI is InChI=1S/C51H31N5/c1-4-16-32(17-5-1)48-39-24-12-14-26-41(39)53-51(54-48)56-43-27-15-13-25-40(43)47-44(56)31-29-37-38-28-30-42-49(46(38)36-23-11-10-22-35(36)45(37)47)55(34-20-8-3-9-21-34)50(52-42)33-18-6-2-7-19-33/h1-31H. The summed E-state index contributed by atoms with van der Waals surface area (Å²) in [5, 5.41) is 10.6. The Morgan fingerprint density at radius 1 is 0.321 bits per heavy atom. The Labute approximate surface area is 321 Å². The smallest absolute Gasteiger partial charge is 0.235 e. The minimum Gasteiger partial charge on any atom is -0.292 e. The number of fused-ring (bicyclic) bond motifs is 13. The number of rotatable bonds is 4. The van der Waals surface area contributed by atoms with Gasteiger partial charge in [0.25, 0.3) is 0 Å². The molecule has 3 aromatic heterocycles. The third-order valence-corrected chi connectivity index (χ3v) is 11.3. The van der Waals surface area contributed by atoms with Gasteiger partial charge in [0.2, 0.25) is 5.95 Å². The molecule has 0 bridgehead atoms. The van der Waals surface area contributed by atoms with Gasteiger partial charge in [0.1, 0.15) is 5.82 Å². The van der Waals surface area contributed by atoms with E-state index in [2.05, 4.69) is 185 Å². The molecule has 0 saturated carbocycles. The van der Waals surface area contributed by atoms with Gasteiger partial charge in [-0.25, -0.2) is 15.0 Å². The van der Waals surface area contributed by atoms with Gasteiger partial charge in [-0.05, 0) is 57.9 Å². The third kappa shape index (κ3) is 4.39. The summed E-state index contributed by atoms with van der Waals surface area (Å²) in [5.74, 6) is 1.58. The fourth-order valence-electron chi connectivity index (χ4n) is 8.95. The SMILES string of the molecule is c1ccc(-c2nc(-n3c4ccccc4c4c5c6ccccc6c6c(ccc7nc(-c8ccccc8)n(-c8ccccc8)c76)c5ccc43)nc3ccccc23)cc1. The summed E-state index contributed by atoms with van der Waals surface area (Å²) < 4.78 is 4.60. The fraction of sp³-hybridized carbons (Fsp3) is 0. The van der Waals surface area contributed by atoms with E-state index in [4.69, 9.17) is 15.0 Å². The van der Waals surface area contributed by atoms with Crippen molar-refractivity contribution < 1.29 is 0 Å². The van der Waals surface area contributed by atoms with Crippen molar-refractivity contribution >= 4 is 76.1 Å². The number of aromatic nitrogens is 5. The minimum atomic E-state index is 0.653. The number of nitrogens with zero attached hydrogens (tertiary/aromatic N) is 5. The largest absolute Gasteiger partial charge is 0.292 e. The predicted octanol–water partition coefficient (Wildman–Crippen LogP) is 12.9. The Morgan fingerprint density at radius 3 is 1.66 bits per heavy atom. The van der Waals surface area contributed by atoms with Crippen molar-refractivity contribution in [3.63, 3.8) is 0 Å². The highest BCUT2D eigenvalue weighted by atomic mass is 15.2. The summed E-state index contributed by atoms with van der Waals surface area (Å²) >= 11 is 0. The van der Waals surface area contributed by atoms with E-state index in [0.717, 1.165) is 66.7 Å². The molecular weight excluding hydrogens is 683 g/mol. The van der Waals surface area contributed by atoms with Crippen LogP contribution in [0.5, 0.6) is 0 Å². The second-order valence-electron chi connectivity index (χ2n) is 14.4. The fourth-order valence-corrected chi connectivity index (χ4v) is 8.95. The number of para-hydroxylation sites is 3. The van der Waals surface area contributed by atoms with Gasteiger partial charge in [0.05, 0.1) is 33.3 Å². The van der Waals surface area contributed by atoms with Gasteiger partial charge in [-0.1, -0.05) is 152 Å². The maximum absolute atomic E-state index is 5.35. The number of benzene rings is 9. The van der Waals surface area contributed by atoms with E-state index in [1.165, 1.54) is 37.7 Å². The van der Waals surface area contributed by atoms with Crippen molar-refractivity contribution in [1.82, 2.24) is 24.1 Å². The van der Waals surface area contributed by atoms with Crippen molar-refractivity contribution in [1.29, 1.82) is 0 Å². The molecule has 0 N–H and O–H groups in total. The van der Waals surface area contributed by atoms with Crippen LogP contribution in [-0.4, -0.2) is 24.1 Å². The zero-order valence-corrected chi connectivity index (χ0v) is 30.1. The first-order valence-electron chi connectivity index (χ1n) is 19.0. The third-order valence-electron chi connectivity index (χ3n) is 11.3. The molecule has 0 radical (unpaired) electrons. The maximum atomic E-state index is 5.35. The van der Waals surface area contributed by atoms with Crippen LogP contribution in [0.25, 0.3) is 110 Å². The molecule has 0 fully saturated rings. The molecule has 56 heavy (non-hydrogen) atoms. The Balaban J connectivity index is 1.23. The highest BCUT2D eigenvalue weighted by molar-refractivity contribution is 6.38. The predicted molar refractivity (Wildman–Crippen MR) is 232 cm³/mol. The summed E-state index contributed by atoms with van der Waals surface area (Å²) in [6.07, 6.45) is 0. The van der Waals surface area contributed by atoms with Crippen molar-refractivity contribution in [3.8, 4) is 34.3 Å². The molecule has 3 heterocycles. The summed E-state index contributed by atoms with van der Waals surface area (Å²) in [7, 11) is 0. The van der Waals surface area contributed by atoms with Crippen LogP contribution >= 0.6 is 0 Å². The van der Waals surface area contributed by atoms with Crippen molar-refractivity contribution in [3.05, 3.63) is 188 Å². The molecule has 9 aromatic carbocycles. The van der Waals surface area contributed by atoms with Crippen molar-refractivity contribution in [2.45, 2.75) is 0 Å². The van der Waals surface area contributed by atoms with E-state index < -0.39 is 0 Å². The number of hydrogen-bond donors (Lipinski definition) is 0. The van der Waals surface area contributed by atoms with E-state index in [-0.39, 0.29) is 0 Å². The molecule has 5 nitrogen and oxygen atoms in total. The lowest BCUT2D eigenvalue weighted by Gasteiger charge is -2.16. The van der Waals surface area contributed by atoms with Gasteiger partial charge >= 0.3 is 0 Å². The maximum Gasteiger partial charge on any atom is 0.235 e. The van der Waals surface area contributed by atoms with E-state index in [0.29, 0.717) is 5.95 Å². The lowest BCUT2D eigenvalue weighted by atomic mass is 9.91. The van der Waals surface area contributed by atoms with Gasteiger partial charge in [0.15, 0.2) is 0 Å². The Kier molecular flexibility index (Phi) is 6.56. The molecule has 5 heteroatoms. The average Bonchev–Trinajstić information content (AvgIpc) is 3.83. The van der Waals surface area contributed by atoms with E-state index >= 15 is 0 Å². The van der Waals surface area contributed by atoms with Gasteiger partial charge in [-0.15, -0.1) is 0 Å². The first-order valence-corrected chi connectivity index (χ1v) is 19.0. The second-order valence-corrected chi connectivity index (χ2v) is 14.4. The van der Waals surface area contributed by atoms with Crippen molar-refractivity contribution in [2.24, 2.45) is 0 Å². The molecule has 12 rings (SSSR count). The topological polar surface area (TPSA) is 48.5 Å². The molecule has 0 aliphatic heterocycles. The van der Waals surface area contributed by atoms with Gasteiger partial charge in [0, 0.05) is 43.7 Å². The second kappa shape index (κ2) is 11.9. The van der Waals surface area contributed by atoms with Crippen LogP contribution in [0.3, 0.4) is 0 Å². The van der Waals surface area contributed by atoms with Crippen LogP contribution in [0, 0.1) is 0 Å². The summed E-state index contributed by atoms with van der Waals surface area (Å²) in [6, 6.07) is 66.4. The highest BCUT2D eigenvalue weighted by Crippen LogP contribution is 2.46. The van der Waals surface area contributed by atoms with Gasteiger partial charge < -0.3 is 0 Å². The van der Waals surface area contributed by atoms with E-state index in [1.54, 1.807) is 0 Å². The monoisotopic (exact) mass is 713 g/mol. The summed E-state index contributed by atoms with van der Waals surface area (Å²) in [4.78, 5) is 15.9. The molecular formula is C51H31N5. The van der Waals surface area contributed by atoms with Crippen LogP contribution in [0.1, 0.15) is 0 Å². The van der Waals surface area contributed by atoms with Crippen LogP contribution in [0.15, 0.2) is 188 Å². The van der Waals surface area contributed by atoms with Crippen LogP contribution in [-0.2, 0) is 0 Å². The normalized spacial score (nSPS) is 11.9. The van der Waals surface area contributed by atoms with Crippen LogP contribution in [0.2, 0.25) is 0 Å². The Hall–Kier alpha value is -7.63. The van der Waals surface area contributed by atoms with Crippen LogP contribution < -0.4 is 0 Å². The molecule has 0 atom stereocenters. The Morgan fingerprint density at radius 2 is 0.893 bits per heavy atom. The number of hydrogen-bond acceptors (Lipinski definition) is 3. The molecule has 0 saturated heterocycles. The zero-order valence-electron chi connectivity index (χ0n) is 30.1. The van der Waals surface area contributed by atoms with Crippen molar-refractivity contribution in [2.75, 3.05) is 0 Å². The lowest BCUT2D eigenvalue weighted by Crippen LogP contribution is -2.03. The first kappa shape index (κ1) is 30.8. The summed E-state index contributed by atoms with van der Waals surface area (Å²) in [5.41, 5.74) is 9.25. The van der Waals surface area contributed by atoms with Gasteiger partial charge in [-0.2, -0.15) is 0 Å². The van der Waals surface area contributed by atoms with E-state index in [1.807, 2.05) is 12.1 Å². The first-order chi connectivity index (χ1) is 27.8. The summed E-state index contributed by atoms with van der Waals surface area (Å²) in [6.45, 7) is 0. The highest BCUT2D eigenvalue weighted by Gasteiger charge is 2.23. The molecule has 0 aliphatic carbocycles. The molecule has 0 spiro atoms. The molecule has 260 valence electrons. The molecule has 12 aromatic rings. The van der Waals surface area contributed by atoms with Crippen LogP contribution in [0.4, 0.5) is 0 Å². The average molecular weight is 714 g/mol. The Bertz CT molecular complexity index is 3490. The molecule has 0 unspecified atom stereocenters.